The minimum Gasteiger partial charge on any atom is -0.480 e. The van der Waals surface area contributed by atoms with Gasteiger partial charge in [-0.25, -0.2) is 9.18 Å². The van der Waals surface area contributed by atoms with Gasteiger partial charge in [-0.2, -0.15) is 0 Å². The van der Waals surface area contributed by atoms with Crippen molar-refractivity contribution >= 4 is 38.7 Å². The molecule has 3 unspecified atom stereocenters. The quantitative estimate of drug-likeness (QED) is 0.819. The molecule has 0 bridgehead atoms. The van der Waals surface area contributed by atoms with Gasteiger partial charge in [0.1, 0.15) is 17.6 Å². The van der Waals surface area contributed by atoms with Crippen LogP contribution in [0.1, 0.15) is 29.8 Å². The van der Waals surface area contributed by atoms with Gasteiger partial charge >= 0.3 is 5.97 Å². The fourth-order valence-corrected chi connectivity index (χ4v) is 4.69. The number of hydrogen-bond donors (Lipinski definition) is 2. The number of hydrogen-bond acceptors (Lipinski definition) is 2. The van der Waals surface area contributed by atoms with Gasteiger partial charge in [-0.1, -0.05) is 22.4 Å². The lowest BCUT2D eigenvalue weighted by molar-refractivity contribution is -0.142. The van der Waals surface area contributed by atoms with Crippen LogP contribution < -0.4 is 0 Å². The molecule has 1 aromatic carbocycles. The minimum atomic E-state index is -0.956. The first kappa shape index (κ1) is 15.6. The molecule has 2 fully saturated rings. The highest BCUT2D eigenvalue weighted by molar-refractivity contribution is 9.10. The number of aromatic nitrogens is 1. The molecular formula is C17H16BrFN2O3. The van der Waals surface area contributed by atoms with Crippen LogP contribution in [0.2, 0.25) is 0 Å². The number of carboxylic acids is 1. The Balaban J connectivity index is 1.70. The fourth-order valence-electron chi connectivity index (χ4n) is 4.26. The van der Waals surface area contributed by atoms with E-state index in [-0.39, 0.29) is 23.4 Å². The predicted octanol–water partition coefficient (Wildman–Crippen LogP) is 3.39. The molecule has 0 spiro atoms. The Morgan fingerprint density at radius 3 is 2.83 bits per heavy atom. The lowest BCUT2D eigenvalue weighted by Crippen LogP contribution is -2.43. The molecule has 2 aliphatic rings. The maximum Gasteiger partial charge on any atom is 0.326 e. The van der Waals surface area contributed by atoms with Crippen LogP contribution >= 0.6 is 15.9 Å². The van der Waals surface area contributed by atoms with Crippen molar-refractivity contribution in [1.82, 2.24) is 9.88 Å². The van der Waals surface area contributed by atoms with Crippen LogP contribution in [0, 0.1) is 17.7 Å². The SMILES string of the molecule is O=C(O)C1C2CCCC2CN1C(=O)c1cc2c(F)cc(Br)cc2[nH]1. The summed E-state index contributed by atoms with van der Waals surface area (Å²) < 4.78 is 14.6. The standard InChI is InChI=1S/C17H16BrFN2O3/c18-9-4-12(19)11-6-14(20-13(11)5-9)16(22)21-7-8-2-1-3-10(8)15(21)17(23)24/h4-6,8,10,15,20H,1-3,7H2,(H,23,24). The number of nitrogens with zero attached hydrogens (tertiary/aromatic N) is 1. The largest absolute Gasteiger partial charge is 0.480 e. The first-order valence-corrected chi connectivity index (χ1v) is 8.76. The zero-order valence-corrected chi connectivity index (χ0v) is 14.3. The van der Waals surface area contributed by atoms with E-state index < -0.39 is 17.8 Å². The molecule has 2 N–H and O–H groups in total. The number of aromatic amines is 1. The normalized spacial score (nSPS) is 26.1. The summed E-state index contributed by atoms with van der Waals surface area (Å²) in [6, 6.07) is 3.72. The van der Waals surface area contributed by atoms with Crippen LogP contribution in [0.3, 0.4) is 0 Å². The Hall–Kier alpha value is -1.89. The highest BCUT2D eigenvalue weighted by Gasteiger charge is 2.49. The molecule has 2 heterocycles. The fraction of sp³-hybridized carbons (Fsp3) is 0.412. The number of aliphatic carboxylic acids is 1. The summed E-state index contributed by atoms with van der Waals surface area (Å²) in [4.78, 5) is 28.9. The summed E-state index contributed by atoms with van der Waals surface area (Å²) in [7, 11) is 0. The zero-order valence-electron chi connectivity index (χ0n) is 12.8. The van der Waals surface area contributed by atoms with Crippen LogP contribution in [0.15, 0.2) is 22.7 Å². The summed E-state index contributed by atoms with van der Waals surface area (Å²) in [6.45, 7) is 0.460. The number of benzene rings is 1. The average molecular weight is 395 g/mol. The number of carboxylic acid groups (broad SMARTS) is 1. The number of carbonyl (C=O) groups is 2. The van der Waals surface area contributed by atoms with Crippen molar-refractivity contribution < 1.29 is 19.1 Å². The minimum absolute atomic E-state index is 0.0294. The van der Waals surface area contributed by atoms with E-state index in [4.69, 9.17) is 0 Å². The van der Waals surface area contributed by atoms with E-state index in [0.29, 0.717) is 21.9 Å². The van der Waals surface area contributed by atoms with Crippen molar-refractivity contribution in [2.24, 2.45) is 11.8 Å². The molecule has 7 heteroatoms. The van der Waals surface area contributed by atoms with Crippen molar-refractivity contribution in [2.75, 3.05) is 6.54 Å². The Labute approximate surface area is 146 Å². The van der Waals surface area contributed by atoms with Gasteiger partial charge in [-0.15, -0.1) is 0 Å². The number of H-pyrrole nitrogens is 1. The summed E-state index contributed by atoms with van der Waals surface area (Å²) in [5.41, 5.74) is 0.740. The van der Waals surface area contributed by atoms with E-state index in [0.717, 1.165) is 19.3 Å². The van der Waals surface area contributed by atoms with Crippen LogP contribution in [0.5, 0.6) is 0 Å². The van der Waals surface area contributed by atoms with Crippen LogP contribution in [-0.2, 0) is 4.79 Å². The zero-order chi connectivity index (χ0) is 17.0. The van der Waals surface area contributed by atoms with Crippen molar-refractivity contribution in [3.05, 3.63) is 34.2 Å². The number of nitrogens with one attached hydrogen (secondary N) is 1. The molecule has 1 aliphatic carbocycles. The summed E-state index contributed by atoms with van der Waals surface area (Å²) >= 11 is 3.22. The molecule has 1 aromatic heterocycles. The van der Waals surface area contributed by atoms with Crippen molar-refractivity contribution in [3.8, 4) is 0 Å². The number of halogens is 2. The lowest BCUT2D eigenvalue weighted by atomic mass is 9.94. The Bertz CT molecular complexity index is 850. The first-order valence-electron chi connectivity index (χ1n) is 7.97. The second-order valence-corrected chi connectivity index (χ2v) is 7.54. The van der Waals surface area contributed by atoms with Gasteiger partial charge < -0.3 is 15.0 Å². The molecule has 4 rings (SSSR count). The maximum absolute atomic E-state index is 14.0. The van der Waals surface area contributed by atoms with Crippen LogP contribution in [0.25, 0.3) is 10.9 Å². The van der Waals surface area contributed by atoms with Crippen LogP contribution in [0.4, 0.5) is 4.39 Å². The number of likely N-dealkylation sites (tertiary alicyclic amines) is 1. The van der Waals surface area contributed by atoms with Crippen molar-refractivity contribution in [1.29, 1.82) is 0 Å². The van der Waals surface area contributed by atoms with Gasteiger partial charge in [0.25, 0.3) is 5.91 Å². The predicted molar refractivity (Wildman–Crippen MR) is 89.2 cm³/mol. The third-order valence-electron chi connectivity index (χ3n) is 5.29. The third-order valence-corrected chi connectivity index (χ3v) is 5.74. The molecule has 2 aromatic rings. The Kier molecular flexibility index (Phi) is 3.63. The van der Waals surface area contributed by atoms with Gasteiger partial charge in [-0.3, -0.25) is 4.79 Å². The molecule has 24 heavy (non-hydrogen) atoms. The van der Waals surface area contributed by atoms with Gasteiger partial charge in [-0.05, 0) is 42.9 Å². The molecular weight excluding hydrogens is 379 g/mol. The van der Waals surface area contributed by atoms with E-state index in [2.05, 4.69) is 20.9 Å². The second kappa shape index (κ2) is 5.58. The van der Waals surface area contributed by atoms with Gasteiger partial charge in [0.2, 0.25) is 0 Å². The highest BCUT2D eigenvalue weighted by atomic mass is 79.9. The third kappa shape index (κ3) is 2.33. The van der Waals surface area contributed by atoms with Gasteiger partial charge in [0, 0.05) is 16.4 Å². The molecule has 126 valence electrons. The Morgan fingerprint density at radius 2 is 2.08 bits per heavy atom. The number of rotatable bonds is 2. The second-order valence-electron chi connectivity index (χ2n) is 6.63. The van der Waals surface area contributed by atoms with E-state index in [1.807, 2.05) is 0 Å². The monoisotopic (exact) mass is 394 g/mol. The van der Waals surface area contributed by atoms with E-state index in [9.17, 15) is 19.1 Å². The molecule has 5 nitrogen and oxygen atoms in total. The molecule has 1 saturated carbocycles. The van der Waals surface area contributed by atoms with Crippen molar-refractivity contribution in [3.63, 3.8) is 0 Å². The lowest BCUT2D eigenvalue weighted by Gasteiger charge is -2.23. The topological polar surface area (TPSA) is 73.4 Å². The van der Waals surface area contributed by atoms with Gasteiger partial charge in [0.05, 0.1) is 5.52 Å². The Morgan fingerprint density at radius 1 is 1.29 bits per heavy atom. The van der Waals surface area contributed by atoms with E-state index in [1.54, 1.807) is 6.07 Å². The smallest absolute Gasteiger partial charge is 0.326 e. The summed E-state index contributed by atoms with van der Waals surface area (Å²) in [5, 5.41) is 9.90. The number of amides is 1. The van der Waals surface area contributed by atoms with E-state index >= 15 is 0 Å². The number of fused-ring (bicyclic) bond motifs is 2. The highest BCUT2D eigenvalue weighted by Crippen LogP contribution is 2.42. The maximum atomic E-state index is 14.0. The molecule has 1 saturated heterocycles. The van der Waals surface area contributed by atoms with Crippen LogP contribution in [-0.4, -0.2) is 39.5 Å². The average Bonchev–Trinajstić information content (AvgIpc) is 3.18. The van der Waals surface area contributed by atoms with Gasteiger partial charge in [0.15, 0.2) is 0 Å². The first-order chi connectivity index (χ1) is 11.5. The molecule has 0 radical (unpaired) electrons. The summed E-state index contributed by atoms with van der Waals surface area (Å²) in [5.74, 6) is -1.47. The molecule has 1 amide bonds. The molecule has 1 aliphatic heterocycles. The summed E-state index contributed by atoms with van der Waals surface area (Å²) in [6.07, 6.45) is 2.83. The molecule has 3 atom stereocenters. The van der Waals surface area contributed by atoms with E-state index in [1.165, 1.54) is 17.0 Å². The van der Waals surface area contributed by atoms with Crippen molar-refractivity contribution in [2.45, 2.75) is 25.3 Å². The number of carbonyl (C=O) groups excluding carboxylic acids is 1.